The molecule has 118 valence electrons. The van der Waals surface area contributed by atoms with Gasteiger partial charge in [-0.2, -0.15) is 0 Å². The Labute approximate surface area is 134 Å². The SMILES string of the molecule is O=C(NCCN1CCOC1=O)c1ccc(-c2ccccc2)cc1. The number of hydrogen-bond acceptors (Lipinski definition) is 3. The molecule has 2 amide bonds. The molecule has 1 saturated heterocycles. The Morgan fingerprint density at radius 2 is 1.74 bits per heavy atom. The standard InChI is InChI=1S/C18H18N2O3/c21-17(19-10-11-20-12-13-23-18(20)22)16-8-6-15(7-9-16)14-4-2-1-3-5-14/h1-9H,10-13H2,(H,19,21). The van der Waals surface area contributed by atoms with Crippen LogP contribution in [0.25, 0.3) is 11.1 Å². The number of nitrogens with zero attached hydrogens (tertiary/aromatic N) is 1. The highest BCUT2D eigenvalue weighted by molar-refractivity contribution is 5.94. The van der Waals surface area contributed by atoms with Gasteiger partial charge in [-0.3, -0.25) is 4.79 Å². The summed E-state index contributed by atoms with van der Waals surface area (Å²) < 4.78 is 4.84. The van der Waals surface area contributed by atoms with E-state index in [1.165, 1.54) is 0 Å². The quantitative estimate of drug-likeness (QED) is 0.923. The number of ether oxygens (including phenoxy) is 1. The first-order valence-corrected chi connectivity index (χ1v) is 7.59. The van der Waals surface area contributed by atoms with Crippen molar-refractivity contribution in [1.29, 1.82) is 0 Å². The van der Waals surface area contributed by atoms with Crippen molar-refractivity contribution in [2.24, 2.45) is 0 Å². The van der Waals surface area contributed by atoms with Gasteiger partial charge < -0.3 is 15.0 Å². The highest BCUT2D eigenvalue weighted by Gasteiger charge is 2.21. The van der Waals surface area contributed by atoms with Crippen molar-refractivity contribution in [1.82, 2.24) is 10.2 Å². The van der Waals surface area contributed by atoms with Crippen molar-refractivity contribution in [3.63, 3.8) is 0 Å². The zero-order valence-electron chi connectivity index (χ0n) is 12.7. The predicted molar refractivity (Wildman–Crippen MR) is 87.1 cm³/mol. The van der Waals surface area contributed by atoms with Gasteiger partial charge in [-0.1, -0.05) is 42.5 Å². The molecule has 5 nitrogen and oxygen atoms in total. The van der Waals surface area contributed by atoms with E-state index in [9.17, 15) is 9.59 Å². The van der Waals surface area contributed by atoms with E-state index in [2.05, 4.69) is 5.32 Å². The number of carbonyl (C=O) groups excluding carboxylic acids is 2. The van der Waals surface area contributed by atoms with Crippen LogP contribution < -0.4 is 5.32 Å². The third-order valence-corrected chi connectivity index (χ3v) is 3.77. The second kappa shape index (κ2) is 6.96. The summed E-state index contributed by atoms with van der Waals surface area (Å²) >= 11 is 0. The van der Waals surface area contributed by atoms with Gasteiger partial charge in [0, 0.05) is 18.7 Å². The van der Waals surface area contributed by atoms with Crippen LogP contribution in [0.2, 0.25) is 0 Å². The van der Waals surface area contributed by atoms with Gasteiger partial charge in [-0.25, -0.2) is 4.79 Å². The molecule has 0 bridgehead atoms. The van der Waals surface area contributed by atoms with E-state index in [1.807, 2.05) is 54.6 Å². The van der Waals surface area contributed by atoms with Gasteiger partial charge in [-0.05, 0) is 23.3 Å². The molecule has 0 unspecified atom stereocenters. The minimum Gasteiger partial charge on any atom is -0.448 e. The Morgan fingerprint density at radius 1 is 1.04 bits per heavy atom. The smallest absolute Gasteiger partial charge is 0.409 e. The van der Waals surface area contributed by atoms with Crippen LogP contribution in [-0.2, 0) is 4.74 Å². The molecule has 2 aromatic carbocycles. The maximum absolute atomic E-state index is 12.1. The topological polar surface area (TPSA) is 58.6 Å². The lowest BCUT2D eigenvalue weighted by Crippen LogP contribution is -2.35. The lowest BCUT2D eigenvalue weighted by molar-refractivity contribution is 0.0949. The van der Waals surface area contributed by atoms with Crippen LogP contribution in [-0.4, -0.2) is 43.1 Å². The largest absolute Gasteiger partial charge is 0.448 e. The average molecular weight is 310 g/mol. The van der Waals surface area contributed by atoms with E-state index in [0.717, 1.165) is 11.1 Å². The van der Waals surface area contributed by atoms with Gasteiger partial charge >= 0.3 is 6.09 Å². The molecule has 1 heterocycles. The lowest BCUT2D eigenvalue weighted by Gasteiger charge is -2.13. The Hall–Kier alpha value is -2.82. The summed E-state index contributed by atoms with van der Waals surface area (Å²) in [6, 6.07) is 17.5. The number of carbonyl (C=O) groups is 2. The van der Waals surface area contributed by atoms with E-state index in [-0.39, 0.29) is 12.0 Å². The summed E-state index contributed by atoms with van der Waals surface area (Å²) in [7, 11) is 0. The Balaban J connectivity index is 1.54. The molecule has 0 saturated carbocycles. The second-order valence-electron chi connectivity index (χ2n) is 5.30. The van der Waals surface area contributed by atoms with Crippen LogP contribution in [0.5, 0.6) is 0 Å². The van der Waals surface area contributed by atoms with Crippen molar-refractivity contribution in [2.45, 2.75) is 0 Å². The molecule has 1 aliphatic rings. The molecule has 1 N–H and O–H groups in total. The van der Waals surface area contributed by atoms with Crippen LogP contribution >= 0.6 is 0 Å². The fourth-order valence-electron chi connectivity index (χ4n) is 2.48. The molecule has 0 spiro atoms. The Kier molecular flexibility index (Phi) is 4.57. The summed E-state index contributed by atoms with van der Waals surface area (Å²) in [5, 5.41) is 2.82. The zero-order valence-corrected chi connectivity index (χ0v) is 12.7. The third-order valence-electron chi connectivity index (χ3n) is 3.77. The van der Waals surface area contributed by atoms with Crippen molar-refractivity contribution in [3.05, 3.63) is 60.2 Å². The highest BCUT2D eigenvalue weighted by atomic mass is 16.6. The fourth-order valence-corrected chi connectivity index (χ4v) is 2.48. The van der Waals surface area contributed by atoms with Crippen LogP contribution in [0.3, 0.4) is 0 Å². The van der Waals surface area contributed by atoms with Crippen molar-refractivity contribution < 1.29 is 14.3 Å². The van der Waals surface area contributed by atoms with Gasteiger partial charge in [0.2, 0.25) is 0 Å². The number of benzene rings is 2. The molecule has 1 aliphatic heterocycles. The number of rotatable bonds is 5. The summed E-state index contributed by atoms with van der Waals surface area (Å²) in [5.74, 6) is -0.142. The fraction of sp³-hybridized carbons (Fsp3) is 0.222. The maximum Gasteiger partial charge on any atom is 0.409 e. The molecule has 2 aromatic rings. The van der Waals surface area contributed by atoms with Gasteiger partial charge in [0.15, 0.2) is 0 Å². The molecule has 0 aromatic heterocycles. The normalized spacial score (nSPS) is 13.7. The van der Waals surface area contributed by atoms with E-state index in [0.29, 0.717) is 31.8 Å². The molecule has 3 rings (SSSR count). The predicted octanol–water partition coefficient (Wildman–Crippen LogP) is 2.54. The molecular formula is C18H18N2O3. The second-order valence-corrected chi connectivity index (χ2v) is 5.30. The maximum atomic E-state index is 12.1. The van der Waals surface area contributed by atoms with Crippen molar-refractivity contribution in [3.8, 4) is 11.1 Å². The van der Waals surface area contributed by atoms with Crippen LogP contribution in [0.1, 0.15) is 10.4 Å². The molecular weight excluding hydrogens is 292 g/mol. The molecule has 1 fully saturated rings. The number of hydrogen-bond donors (Lipinski definition) is 1. The van der Waals surface area contributed by atoms with Gasteiger partial charge in [-0.15, -0.1) is 0 Å². The highest BCUT2D eigenvalue weighted by Crippen LogP contribution is 2.19. The Morgan fingerprint density at radius 3 is 2.39 bits per heavy atom. The first-order valence-electron chi connectivity index (χ1n) is 7.59. The van der Waals surface area contributed by atoms with Crippen LogP contribution in [0, 0.1) is 0 Å². The lowest BCUT2D eigenvalue weighted by atomic mass is 10.0. The Bertz CT molecular complexity index is 683. The summed E-state index contributed by atoms with van der Waals surface area (Å²) in [6.45, 7) is 1.88. The summed E-state index contributed by atoms with van der Waals surface area (Å²) in [4.78, 5) is 25.0. The first-order chi connectivity index (χ1) is 11.2. The summed E-state index contributed by atoms with van der Waals surface area (Å²) in [5.41, 5.74) is 2.79. The van der Waals surface area contributed by atoms with E-state index < -0.39 is 0 Å². The van der Waals surface area contributed by atoms with Crippen LogP contribution in [0.15, 0.2) is 54.6 Å². The molecule has 5 heteroatoms. The monoisotopic (exact) mass is 310 g/mol. The number of cyclic esters (lactones) is 1. The third kappa shape index (κ3) is 3.69. The van der Waals surface area contributed by atoms with E-state index in [4.69, 9.17) is 4.74 Å². The molecule has 23 heavy (non-hydrogen) atoms. The molecule has 0 atom stereocenters. The van der Waals surface area contributed by atoms with Gasteiger partial charge in [0.25, 0.3) is 5.91 Å². The van der Waals surface area contributed by atoms with Crippen molar-refractivity contribution >= 4 is 12.0 Å². The van der Waals surface area contributed by atoms with Crippen molar-refractivity contribution in [2.75, 3.05) is 26.2 Å². The first kappa shape index (κ1) is 15.1. The minimum atomic E-state index is -0.313. The van der Waals surface area contributed by atoms with Gasteiger partial charge in [0.05, 0.1) is 6.54 Å². The summed E-state index contributed by atoms with van der Waals surface area (Å²) in [6.07, 6.45) is -0.313. The number of nitrogens with one attached hydrogen (secondary N) is 1. The van der Waals surface area contributed by atoms with E-state index >= 15 is 0 Å². The molecule has 0 aliphatic carbocycles. The van der Waals surface area contributed by atoms with E-state index in [1.54, 1.807) is 4.90 Å². The van der Waals surface area contributed by atoms with Gasteiger partial charge in [0.1, 0.15) is 6.61 Å². The molecule has 0 radical (unpaired) electrons. The van der Waals surface area contributed by atoms with Crippen LogP contribution in [0.4, 0.5) is 4.79 Å². The average Bonchev–Trinajstić information content (AvgIpc) is 3.01. The minimum absolute atomic E-state index is 0.142. The number of amides is 2. The zero-order chi connectivity index (χ0) is 16.1.